The molecule has 6 nitrogen and oxygen atoms in total. The van der Waals surface area contributed by atoms with Crippen LogP contribution in [0.25, 0.3) is 0 Å². The number of methoxy groups -OCH3 is 1. The summed E-state index contributed by atoms with van der Waals surface area (Å²) in [6.45, 7) is 6.20. The molecule has 0 aromatic rings. The Balaban J connectivity index is 1.95. The Morgan fingerprint density at radius 2 is 2.07 bits per heavy atom. The molecule has 1 N–H and O–H groups in total. The highest BCUT2D eigenvalue weighted by Crippen LogP contribution is 2.83. The van der Waals surface area contributed by atoms with Gasteiger partial charge in [0.05, 0.1) is 18.6 Å². The smallest absolute Gasteiger partial charge is 0.481 e. The van der Waals surface area contributed by atoms with E-state index in [1.165, 1.54) is 7.11 Å². The molecule has 3 fully saturated rings. The Morgan fingerprint density at radius 3 is 2.64 bits per heavy atom. The lowest BCUT2D eigenvalue weighted by Gasteiger charge is -2.57. The number of hydrogen-bond acceptors (Lipinski definition) is 5. The Labute approximate surface area is 165 Å². The summed E-state index contributed by atoms with van der Waals surface area (Å²) in [7, 11) is 1.25. The summed E-state index contributed by atoms with van der Waals surface area (Å²) in [5, 5.41) is 21.2. The van der Waals surface area contributed by atoms with Crippen molar-refractivity contribution in [3.63, 3.8) is 0 Å². The molecular weight excluding hydrogens is 358 g/mol. The van der Waals surface area contributed by atoms with Crippen molar-refractivity contribution >= 4 is 12.1 Å². The van der Waals surface area contributed by atoms with Crippen molar-refractivity contribution in [3.05, 3.63) is 11.6 Å². The number of nitrogens with zero attached hydrogens (tertiary/aromatic N) is 1. The van der Waals surface area contributed by atoms with Gasteiger partial charge in [-0.05, 0) is 48.9 Å². The second-order valence-corrected chi connectivity index (χ2v) is 9.65. The topological polar surface area (TPSA) is 96.6 Å². The first-order valence-electron chi connectivity index (χ1n) is 10.3. The first kappa shape index (κ1) is 19.3. The Bertz CT molecular complexity index is 797. The predicted octanol–water partition coefficient (Wildman–Crippen LogP) is 4.02. The maximum atomic E-state index is 13.1. The van der Waals surface area contributed by atoms with E-state index < -0.39 is 28.4 Å². The van der Waals surface area contributed by atoms with E-state index in [9.17, 15) is 20.0 Å². The van der Waals surface area contributed by atoms with Gasteiger partial charge in [0, 0.05) is 5.41 Å². The maximum absolute atomic E-state index is 13.1. The molecule has 0 aromatic carbocycles. The van der Waals surface area contributed by atoms with Gasteiger partial charge < -0.3 is 14.6 Å². The second-order valence-electron chi connectivity index (χ2n) is 9.65. The normalized spacial score (nSPS) is 45.4. The van der Waals surface area contributed by atoms with Crippen molar-refractivity contribution in [3.8, 4) is 6.07 Å². The van der Waals surface area contributed by atoms with Gasteiger partial charge in [0.15, 0.2) is 0 Å². The summed E-state index contributed by atoms with van der Waals surface area (Å²) < 4.78 is 10.1. The molecule has 6 heteroatoms. The molecule has 0 spiro atoms. The molecule has 7 atom stereocenters. The standard InChI is InChI=1S/C22H29NO5/c1-12(2)17-7-14-8-20(10-23)16-6-5-13(3)15(16)9-21(14,11-28-19(26)27-4)22(17,20)18(24)25/h7,12-16H,5-6,8-9,11H2,1-4H3,(H,24,25). The third kappa shape index (κ3) is 1.88. The van der Waals surface area contributed by atoms with E-state index in [0.717, 1.165) is 18.4 Å². The molecule has 28 heavy (non-hydrogen) atoms. The zero-order valence-corrected chi connectivity index (χ0v) is 17.0. The lowest BCUT2D eigenvalue weighted by atomic mass is 9.43. The molecule has 4 rings (SSSR count). The van der Waals surface area contributed by atoms with E-state index >= 15 is 0 Å². The molecule has 7 unspecified atom stereocenters. The van der Waals surface area contributed by atoms with Gasteiger partial charge in [0.1, 0.15) is 12.0 Å². The van der Waals surface area contributed by atoms with E-state index in [1.54, 1.807) is 0 Å². The van der Waals surface area contributed by atoms with Crippen LogP contribution in [0.1, 0.15) is 46.5 Å². The molecule has 0 radical (unpaired) electrons. The number of carbonyl (C=O) groups excluding carboxylic acids is 1. The zero-order valence-electron chi connectivity index (χ0n) is 17.0. The number of ether oxygens (including phenoxy) is 2. The average molecular weight is 387 g/mol. The summed E-state index contributed by atoms with van der Waals surface area (Å²) in [5.41, 5.74) is -2.16. The van der Waals surface area contributed by atoms with Crippen LogP contribution in [0.4, 0.5) is 4.79 Å². The Morgan fingerprint density at radius 1 is 1.36 bits per heavy atom. The Kier molecular flexibility index (Phi) is 4.12. The highest BCUT2D eigenvalue weighted by Gasteiger charge is 2.85. The SMILES string of the molecule is COC(=O)OCC12CC3C(C)CCC3C3(C#N)CC1C=C(C(C)C)C32C(=O)O. The summed E-state index contributed by atoms with van der Waals surface area (Å²) >= 11 is 0. The highest BCUT2D eigenvalue weighted by molar-refractivity contribution is 5.85. The minimum atomic E-state index is -1.30. The molecule has 4 aliphatic carbocycles. The van der Waals surface area contributed by atoms with Crippen LogP contribution in [-0.4, -0.2) is 30.9 Å². The molecule has 0 amide bonds. The third-order valence-corrected chi connectivity index (χ3v) is 8.65. The molecule has 152 valence electrons. The number of nitriles is 1. The first-order valence-corrected chi connectivity index (χ1v) is 10.3. The van der Waals surface area contributed by atoms with Crippen LogP contribution >= 0.6 is 0 Å². The van der Waals surface area contributed by atoms with Gasteiger partial charge in [0.25, 0.3) is 0 Å². The first-order chi connectivity index (χ1) is 13.2. The summed E-state index contributed by atoms with van der Waals surface area (Å²) in [6, 6.07) is 2.57. The van der Waals surface area contributed by atoms with E-state index in [1.807, 2.05) is 13.8 Å². The van der Waals surface area contributed by atoms with Gasteiger partial charge in [-0.25, -0.2) is 4.79 Å². The number of carboxylic acid groups (broad SMARTS) is 1. The van der Waals surface area contributed by atoms with Crippen LogP contribution in [-0.2, 0) is 14.3 Å². The minimum absolute atomic E-state index is 0.0112. The van der Waals surface area contributed by atoms with Gasteiger partial charge in [0.2, 0.25) is 0 Å². The van der Waals surface area contributed by atoms with E-state index in [0.29, 0.717) is 24.7 Å². The van der Waals surface area contributed by atoms with E-state index in [-0.39, 0.29) is 24.4 Å². The summed E-state index contributed by atoms with van der Waals surface area (Å²) in [6.07, 6.45) is 4.46. The number of allylic oxidation sites excluding steroid dienone is 1. The molecule has 4 bridgehead atoms. The number of carbonyl (C=O) groups is 2. The van der Waals surface area contributed by atoms with Crippen LogP contribution < -0.4 is 0 Å². The van der Waals surface area contributed by atoms with Crippen molar-refractivity contribution < 1.29 is 24.2 Å². The van der Waals surface area contributed by atoms with Crippen molar-refractivity contribution in [2.45, 2.75) is 46.5 Å². The lowest BCUT2D eigenvalue weighted by molar-refractivity contribution is -0.177. The molecule has 3 saturated carbocycles. The quantitative estimate of drug-likeness (QED) is 0.578. The predicted molar refractivity (Wildman–Crippen MR) is 99.9 cm³/mol. The zero-order chi connectivity index (χ0) is 20.5. The largest absolute Gasteiger partial charge is 0.507 e. The van der Waals surface area contributed by atoms with Crippen molar-refractivity contribution in [1.29, 1.82) is 5.26 Å². The fourth-order valence-electron chi connectivity index (χ4n) is 7.79. The Hall–Kier alpha value is -2.03. The average Bonchev–Trinajstić information content (AvgIpc) is 3.23. The lowest BCUT2D eigenvalue weighted by Crippen LogP contribution is -2.62. The minimum Gasteiger partial charge on any atom is -0.481 e. The van der Waals surface area contributed by atoms with E-state index in [4.69, 9.17) is 4.74 Å². The molecule has 4 aliphatic rings. The van der Waals surface area contributed by atoms with Gasteiger partial charge in [-0.1, -0.05) is 38.8 Å². The third-order valence-electron chi connectivity index (χ3n) is 8.65. The van der Waals surface area contributed by atoms with E-state index in [2.05, 4.69) is 23.8 Å². The van der Waals surface area contributed by atoms with Gasteiger partial charge in [-0.15, -0.1) is 0 Å². The fraction of sp³-hybridized carbons (Fsp3) is 0.773. The summed E-state index contributed by atoms with van der Waals surface area (Å²) in [5.74, 6) is -0.160. The number of carboxylic acids is 1. The van der Waals surface area contributed by atoms with Crippen LogP contribution in [0, 0.1) is 57.2 Å². The van der Waals surface area contributed by atoms with Crippen LogP contribution in [0.3, 0.4) is 0 Å². The van der Waals surface area contributed by atoms with Crippen molar-refractivity contribution in [2.75, 3.05) is 13.7 Å². The monoisotopic (exact) mass is 387 g/mol. The molecular formula is C22H29NO5. The molecule has 0 saturated heterocycles. The number of rotatable bonds is 4. The van der Waals surface area contributed by atoms with Crippen LogP contribution in [0.2, 0.25) is 0 Å². The van der Waals surface area contributed by atoms with Crippen LogP contribution in [0.5, 0.6) is 0 Å². The van der Waals surface area contributed by atoms with Gasteiger partial charge >= 0.3 is 12.1 Å². The molecule has 0 aromatic heterocycles. The van der Waals surface area contributed by atoms with Gasteiger partial charge in [-0.2, -0.15) is 5.26 Å². The number of hydrogen-bond donors (Lipinski definition) is 1. The second kappa shape index (κ2) is 5.98. The van der Waals surface area contributed by atoms with Crippen molar-refractivity contribution in [2.24, 2.45) is 45.8 Å². The molecule has 0 heterocycles. The molecule has 0 aliphatic heterocycles. The van der Waals surface area contributed by atoms with Crippen molar-refractivity contribution in [1.82, 2.24) is 0 Å². The summed E-state index contributed by atoms with van der Waals surface area (Å²) in [4.78, 5) is 24.9. The number of aliphatic carboxylic acids is 1. The fourth-order valence-corrected chi connectivity index (χ4v) is 7.79. The highest BCUT2D eigenvalue weighted by atomic mass is 16.7. The number of fused-ring (bicyclic) bond motifs is 2. The van der Waals surface area contributed by atoms with Crippen LogP contribution in [0.15, 0.2) is 11.6 Å². The maximum Gasteiger partial charge on any atom is 0.507 e. The van der Waals surface area contributed by atoms with Gasteiger partial charge in [-0.3, -0.25) is 4.79 Å².